The van der Waals surface area contributed by atoms with Crippen LogP contribution in [0.2, 0.25) is 0 Å². The van der Waals surface area contributed by atoms with Crippen LogP contribution in [0.3, 0.4) is 0 Å². The molecule has 0 aliphatic rings. The molecule has 27 heavy (non-hydrogen) atoms. The number of aryl methyl sites for hydroxylation is 1. The highest BCUT2D eigenvalue weighted by Gasteiger charge is 2.07. The summed E-state index contributed by atoms with van der Waals surface area (Å²) in [6, 6.07) is 14.5. The van der Waals surface area contributed by atoms with E-state index >= 15 is 0 Å². The molecule has 8 nitrogen and oxygen atoms in total. The van der Waals surface area contributed by atoms with Gasteiger partial charge in [-0.05, 0) is 35.8 Å². The van der Waals surface area contributed by atoms with Gasteiger partial charge in [0.1, 0.15) is 11.4 Å². The number of nitrogens with zero attached hydrogens (tertiary/aromatic N) is 5. The summed E-state index contributed by atoms with van der Waals surface area (Å²) in [5.74, 6) is 0. The summed E-state index contributed by atoms with van der Waals surface area (Å²) < 4.78 is 5.48. The molecule has 2 heterocycles. The number of carbonyl (C=O) groups excluding carboxylic acids is 1. The Bertz CT molecular complexity index is 1060. The molecule has 134 valence electrons. The van der Waals surface area contributed by atoms with Crippen molar-refractivity contribution in [2.45, 2.75) is 0 Å². The predicted molar refractivity (Wildman–Crippen MR) is 104 cm³/mol. The second kappa shape index (κ2) is 7.34. The molecule has 2 aromatic carbocycles. The molecule has 0 aliphatic heterocycles. The number of hydrogen-bond donors (Lipinski definition) is 2. The minimum Gasteiger partial charge on any atom is -0.308 e. The van der Waals surface area contributed by atoms with E-state index in [-0.39, 0.29) is 6.03 Å². The van der Waals surface area contributed by atoms with Crippen molar-refractivity contribution >= 4 is 28.9 Å². The lowest BCUT2D eigenvalue weighted by Gasteiger charge is -2.09. The quantitative estimate of drug-likeness (QED) is 0.566. The zero-order valence-corrected chi connectivity index (χ0v) is 15.1. The summed E-state index contributed by atoms with van der Waals surface area (Å²) in [6.45, 7) is 0. The first-order valence-corrected chi connectivity index (χ1v) is 8.93. The normalized spacial score (nSPS) is 10.6. The fourth-order valence-electron chi connectivity index (χ4n) is 2.54. The first-order chi connectivity index (χ1) is 13.2. The van der Waals surface area contributed by atoms with Crippen LogP contribution < -0.4 is 10.6 Å². The second-order valence-corrected chi connectivity index (χ2v) is 6.41. The van der Waals surface area contributed by atoms with Gasteiger partial charge >= 0.3 is 6.03 Å². The number of aromatic nitrogens is 5. The molecular weight excluding hydrogens is 362 g/mol. The van der Waals surface area contributed by atoms with Crippen molar-refractivity contribution in [3.8, 4) is 22.5 Å². The number of rotatable bonds is 4. The van der Waals surface area contributed by atoms with E-state index in [9.17, 15) is 4.79 Å². The molecule has 0 bridgehead atoms. The minimum atomic E-state index is -0.325. The van der Waals surface area contributed by atoms with Crippen molar-refractivity contribution in [1.29, 1.82) is 0 Å². The topological polar surface area (TPSA) is 97.6 Å². The van der Waals surface area contributed by atoms with Crippen LogP contribution in [0.5, 0.6) is 0 Å². The third-order valence-corrected chi connectivity index (χ3v) is 4.32. The van der Waals surface area contributed by atoms with Crippen molar-refractivity contribution in [3.63, 3.8) is 0 Å². The summed E-state index contributed by atoms with van der Waals surface area (Å²) in [7, 11) is 1.81. The van der Waals surface area contributed by atoms with Gasteiger partial charge in [-0.2, -0.15) is 0 Å². The highest BCUT2D eigenvalue weighted by atomic mass is 32.1. The average Bonchev–Trinajstić information content (AvgIpc) is 3.34. The number of anilines is 2. The van der Waals surface area contributed by atoms with E-state index in [1.807, 2.05) is 67.2 Å². The van der Waals surface area contributed by atoms with Gasteiger partial charge in [0, 0.05) is 34.9 Å². The number of nitrogens with one attached hydrogen (secondary N) is 2. The molecule has 0 saturated carbocycles. The molecular formula is C18H15N7OS. The fraction of sp³-hybridized carbons (Fsp3) is 0.0556. The van der Waals surface area contributed by atoms with Crippen molar-refractivity contribution < 1.29 is 4.79 Å². The number of carbonyl (C=O) groups is 1. The lowest BCUT2D eigenvalue weighted by atomic mass is 10.1. The van der Waals surface area contributed by atoms with Crippen LogP contribution in [-0.4, -0.2) is 30.6 Å². The highest BCUT2D eigenvalue weighted by molar-refractivity contribution is 7.03. The van der Waals surface area contributed by atoms with Crippen LogP contribution in [0, 0.1) is 0 Å². The lowest BCUT2D eigenvalue weighted by Crippen LogP contribution is -2.19. The largest absolute Gasteiger partial charge is 0.323 e. The van der Waals surface area contributed by atoms with Gasteiger partial charge in [-0.15, -0.1) is 10.2 Å². The van der Waals surface area contributed by atoms with Crippen molar-refractivity contribution in [2.75, 3.05) is 10.6 Å². The van der Waals surface area contributed by atoms with Crippen LogP contribution in [-0.2, 0) is 7.05 Å². The van der Waals surface area contributed by atoms with Gasteiger partial charge < -0.3 is 10.6 Å². The maximum Gasteiger partial charge on any atom is 0.323 e. The van der Waals surface area contributed by atoms with Gasteiger partial charge in [-0.25, -0.2) is 4.79 Å². The Kier molecular flexibility index (Phi) is 4.58. The second-order valence-electron chi connectivity index (χ2n) is 5.80. The van der Waals surface area contributed by atoms with Crippen molar-refractivity contribution in [2.24, 2.45) is 7.05 Å². The van der Waals surface area contributed by atoms with Gasteiger partial charge in [0.15, 0.2) is 0 Å². The smallest absolute Gasteiger partial charge is 0.308 e. The van der Waals surface area contributed by atoms with E-state index < -0.39 is 0 Å². The molecule has 2 aromatic heterocycles. The van der Waals surface area contributed by atoms with E-state index in [0.717, 1.165) is 22.5 Å². The summed E-state index contributed by atoms with van der Waals surface area (Å²) >= 11 is 1.30. The first-order valence-electron chi connectivity index (χ1n) is 8.10. The molecule has 0 unspecified atom stereocenters. The molecule has 9 heteroatoms. The average molecular weight is 377 g/mol. The van der Waals surface area contributed by atoms with Crippen molar-refractivity contribution in [1.82, 2.24) is 24.6 Å². The zero-order chi connectivity index (χ0) is 18.6. The molecule has 2 N–H and O–H groups in total. The van der Waals surface area contributed by atoms with E-state index in [4.69, 9.17) is 0 Å². The van der Waals surface area contributed by atoms with Crippen LogP contribution in [0.25, 0.3) is 22.5 Å². The zero-order valence-electron chi connectivity index (χ0n) is 14.3. The van der Waals surface area contributed by atoms with Gasteiger partial charge in [0.05, 0.1) is 6.20 Å². The van der Waals surface area contributed by atoms with Gasteiger partial charge in [0.2, 0.25) is 0 Å². The Labute approximate surface area is 159 Å². The Morgan fingerprint density at radius 1 is 0.963 bits per heavy atom. The Balaban J connectivity index is 1.42. The number of amides is 2. The molecule has 0 fully saturated rings. The Morgan fingerprint density at radius 3 is 2.48 bits per heavy atom. The van der Waals surface area contributed by atoms with E-state index in [1.165, 1.54) is 11.5 Å². The standard InChI is InChI=1S/C18H15N7OS/c1-25-10-16(21-23-25)13-3-2-4-15(9-13)20-18(26)19-14-7-5-12(6-8-14)17-11-27-24-22-17/h2-11H,1H3,(H2,19,20,26). The monoisotopic (exact) mass is 377 g/mol. The van der Waals surface area contributed by atoms with Gasteiger partial charge in [0.25, 0.3) is 0 Å². The fourth-order valence-corrected chi connectivity index (χ4v) is 3.01. The Morgan fingerprint density at radius 2 is 1.78 bits per heavy atom. The molecule has 4 rings (SSSR count). The minimum absolute atomic E-state index is 0.325. The SMILES string of the molecule is Cn1cc(-c2cccc(NC(=O)Nc3ccc(-c4csnn4)cc3)c2)nn1. The van der Waals surface area contributed by atoms with Crippen LogP contribution in [0.4, 0.5) is 16.2 Å². The van der Waals surface area contributed by atoms with Crippen LogP contribution in [0.15, 0.2) is 60.1 Å². The summed E-state index contributed by atoms with van der Waals surface area (Å²) in [4.78, 5) is 12.3. The maximum atomic E-state index is 12.3. The predicted octanol–water partition coefficient (Wildman–Crippen LogP) is 3.64. The highest BCUT2D eigenvalue weighted by Crippen LogP contribution is 2.22. The first kappa shape index (κ1) is 16.9. The molecule has 0 radical (unpaired) electrons. The summed E-state index contributed by atoms with van der Waals surface area (Å²) in [5, 5.41) is 19.5. The third kappa shape index (κ3) is 3.98. The number of hydrogen-bond acceptors (Lipinski definition) is 6. The van der Waals surface area contributed by atoms with E-state index in [0.29, 0.717) is 11.4 Å². The van der Waals surface area contributed by atoms with Gasteiger partial charge in [-0.1, -0.05) is 34.0 Å². The van der Waals surface area contributed by atoms with Crippen molar-refractivity contribution in [3.05, 3.63) is 60.1 Å². The molecule has 2 amide bonds. The molecule has 0 spiro atoms. The summed E-state index contributed by atoms with van der Waals surface area (Å²) in [6.07, 6.45) is 1.82. The molecule has 4 aromatic rings. The summed E-state index contributed by atoms with van der Waals surface area (Å²) in [5.41, 5.74) is 4.74. The maximum absolute atomic E-state index is 12.3. The molecule has 0 saturated heterocycles. The lowest BCUT2D eigenvalue weighted by molar-refractivity contribution is 0.262. The Hall–Kier alpha value is -3.59. The van der Waals surface area contributed by atoms with E-state index in [2.05, 4.69) is 30.5 Å². The third-order valence-electron chi connectivity index (χ3n) is 3.82. The van der Waals surface area contributed by atoms with Crippen LogP contribution >= 0.6 is 11.5 Å². The molecule has 0 aliphatic carbocycles. The van der Waals surface area contributed by atoms with Crippen LogP contribution in [0.1, 0.15) is 0 Å². The van der Waals surface area contributed by atoms with E-state index in [1.54, 1.807) is 4.68 Å². The number of urea groups is 1. The number of benzene rings is 2. The van der Waals surface area contributed by atoms with Gasteiger partial charge in [-0.3, -0.25) is 4.68 Å². The molecule has 0 atom stereocenters.